The Labute approximate surface area is 698 Å². The Kier molecular flexibility index (Phi) is 19.8. The molecular formula is C116H88N4. The molecule has 25 aromatic rings. The molecule has 0 saturated heterocycles. The summed E-state index contributed by atoms with van der Waals surface area (Å²) in [6, 6.07) is 157. The summed E-state index contributed by atoms with van der Waals surface area (Å²) in [5.41, 5.74) is 22.9. The van der Waals surface area contributed by atoms with Crippen molar-refractivity contribution in [2.45, 2.75) is 40.3 Å². The SMILES string of the molecule is CC(C)n1c2ccccc2c2ccccc21.CCn1c2ccccc2c2ccccc21.Cc1ccc2ccc3cccc4ccc1c2c34.c1ccc(-c2c(-c3ccccc3)c3ccc4cccc5cc(-c6ccccc6)c(c2-c2ccccc2)c3c45)cc1.c1ccc(-n2c3ccccc3c3ccccc32)cc1.c1ccc2c(c1)[nH]c1ccccc12. The van der Waals surface area contributed by atoms with Crippen LogP contribution in [-0.2, 0) is 6.54 Å². The monoisotopic (exact) mass is 1540 g/mol. The van der Waals surface area contributed by atoms with E-state index < -0.39 is 0 Å². The number of aromatic amines is 1. The van der Waals surface area contributed by atoms with Crippen molar-refractivity contribution in [1.82, 2.24) is 18.7 Å². The van der Waals surface area contributed by atoms with E-state index in [4.69, 9.17) is 0 Å². The maximum Gasteiger partial charge on any atom is 0.0541 e. The molecule has 0 unspecified atom stereocenters. The minimum Gasteiger partial charge on any atom is -0.355 e. The Morgan fingerprint density at radius 1 is 0.242 bits per heavy atom. The first kappa shape index (κ1) is 73.8. The van der Waals surface area contributed by atoms with Crippen LogP contribution in [0.25, 0.3) is 202 Å². The summed E-state index contributed by atoms with van der Waals surface area (Å²) in [6.07, 6.45) is 0. The first-order chi connectivity index (χ1) is 59.3. The highest BCUT2D eigenvalue weighted by molar-refractivity contribution is 6.34. The van der Waals surface area contributed by atoms with Crippen LogP contribution >= 0.6 is 0 Å². The summed E-state index contributed by atoms with van der Waals surface area (Å²) in [5.74, 6) is 0. The normalized spacial score (nSPS) is 11.4. The smallest absolute Gasteiger partial charge is 0.0541 e. The fourth-order valence-corrected chi connectivity index (χ4v) is 18.9. The van der Waals surface area contributed by atoms with Gasteiger partial charge in [-0.15, -0.1) is 0 Å². The first-order valence-corrected chi connectivity index (χ1v) is 41.9. The van der Waals surface area contributed by atoms with Gasteiger partial charge >= 0.3 is 0 Å². The van der Waals surface area contributed by atoms with Gasteiger partial charge in [0.1, 0.15) is 0 Å². The number of benzene rings is 21. The topological polar surface area (TPSA) is 30.6 Å². The maximum atomic E-state index is 3.38. The Bertz CT molecular complexity index is 7740. The highest BCUT2D eigenvalue weighted by Gasteiger charge is 2.26. The third kappa shape index (κ3) is 13.4. The van der Waals surface area contributed by atoms with Gasteiger partial charge in [-0.2, -0.15) is 0 Å². The molecule has 0 amide bonds. The molecular weight excluding hydrogens is 1450 g/mol. The van der Waals surface area contributed by atoms with E-state index in [1.54, 1.807) is 0 Å². The largest absolute Gasteiger partial charge is 0.355 e. The number of rotatable bonds is 7. The Hall–Kier alpha value is -15.1. The van der Waals surface area contributed by atoms with E-state index in [1.165, 1.54) is 208 Å². The summed E-state index contributed by atoms with van der Waals surface area (Å²) < 4.78 is 7.10. The molecule has 0 aliphatic heterocycles. The number of H-pyrrole nitrogens is 1. The second kappa shape index (κ2) is 32.2. The molecule has 572 valence electrons. The average Bonchev–Trinajstić information content (AvgIpc) is 1.04. The molecule has 4 aromatic heterocycles. The molecule has 0 atom stereocenters. The molecule has 4 heteroatoms. The maximum absolute atomic E-state index is 3.38. The van der Waals surface area contributed by atoms with Crippen molar-refractivity contribution in [2.24, 2.45) is 0 Å². The van der Waals surface area contributed by atoms with Crippen molar-refractivity contribution in [3.63, 3.8) is 0 Å². The molecule has 0 spiro atoms. The highest BCUT2D eigenvalue weighted by Crippen LogP contribution is 2.54. The van der Waals surface area contributed by atoms with Gasteiger partial charge in [0.2, 0.25) is 0 Å². The number of aryl methyl sites for hydroxylation is 2. The van der Waals surface area contributed by atoms with Crippen LogP contribution in [-0.4, -0.2) is 18.7 Å². The van der Waals surface area contributed by atoms with Crippen molar-refractivity contribution < 1.29 is 0 Å². The van der Waals surface area contributed by atoms with E-state index >= 15 is 0 Å². The summed E-state index contributed by atoms with van der Waals surface area (Å²) >= 11 is 0. The Morgan fingerprint density at radius 2 is 0.583 bits per heavy atom. The predicted octanol–water partition coefficient (Wildman–Crippen LogP) is 32.4. The molecule has 4 heterocycles. The Balaban J connectivity index is 0.0000000976. The lowest BCUT2D eigenvalue weighted by Gasteiger charge is -2.25. The summed E-state index contributed by atoms with van der Waals surface area (Å²) in [5, 5.41) is 26.7. The van der Waals surface area contributed by atoms with Gasteiger partial charge < -0.3 is 18.7 Å². The number of fused-ring (bicyclic) bond motifs is 12. The second-order valence-electron chi connectivity index (χ2n) is 31.4. The van der Waals surface area contributed by atoms with Crippen LogP contribution in [0.2, 0.25) is 0 Å². The van der Waals surface area contributed by atoms with E-state index in [-0.39, 0.29) is 0 Å². The fourth-order valence-electron chi connectivity index (χ4n) is 18.9. The number of para-hydroxylation sites is 9. The Morgan fingerprint density at radius 3 is 1.06 bits per heavy atom. The number of nitrogens with one attached hydrogen (secondary N) is 1. The van der Waals surface area contributed by atoms with Crippen molar-refractivity contribution in [1.29, 1.82) is 0 Å². The predicted molar refractivity (Wildman–Crippen MR) is 518 cm³/mol. The molecule has 1 N–H and O–H groups in total. The lowest BCUT2D eigenvalue weighted by molar-refractivity contribution is 0.642. The molecule has 0 saturated carbocycles. The minimum atomic E-state index is 0.491. The quantitative estimate of drug-likeness (QED) is 0.154. The zero-order chi connectivity index (χ0) is 80.6. The number of hydrogen-bond donors (Lipinski definition) is 1. The van der Waals surface area contributed by atoms with Crippen molar-refractivity contribution >= 4 is 152 Å². The van der Waals surface area contributed by atoms with Crippen molar-refractivity contribution in [2.75, 3.05) is 0 Å². The van der Waals surface area contributed by atoms with Crippen molar-refractivity contribution in [3.05, 3.63) is 442 Å². The second-order valence-corrected chi connectivity index (χ2v) is 31.4. The zero-order valence-corrected chi connectivity index (χ0v) is 67.7. The van der Waals surface area contributed by atoms with E-state index in [9.17, 15) is 0 Å². The van der Waals surface area contributed by atoms with Gasteiger partial charge in [-0.1, -0.05) is 370 Å². The summed E-state index contributed by atoms with van der Waals surface area (Å²) in [7, 11) is 0. The third-order valence-electron chi connectivity index (χ3n) is 24.1. The molecule has 4 nitrogen and oxygen atoms in total. The minimum absolute atomic E-state index is 0.491. The standard InChI is InChI=1S/C40H26.C18H13N.C17H12.C15H15N.C14H13N.C12H9N/c1-5-14-27(15-6-1)34-26-32-23-13-22-31-24-25-33-36(28-16-7-2-8-17-28)37(29-18-9-3-10-19-29)38(30-20-11-4-12-21-30)40(34)39(33)35(31)32;1-2-8-14(9-3-1)19-17-12-6-4-10-15(17)16-11-5-7-13-18(16)19;1-11-5-6-14-8-7-12-3-2-4-13-9-10-15(11)17(14)16(12)13;1-11(2)16-14-9-5-3-7-12(14)13-8-4-6-10-15(13)16;1-2-15-13-9-5-3-7-11(13)12-8-4-6-10-14(12)15;1-3-7-11-9(5-1)10-6-2-4-8-12(10)13-11/h1-26H;1-13H;2-10H,1H3;3-11H,1-2H3;3-10H,2H2,1H3;1-8,13H. The molecule has 0 aliphatic carbocycles. The fraction of sp³-hybridized carbons (Fsp3) is 0.0517. The lowest BCUT2D eigenvalue weighted by atomic mass is 9.77. The van der Waals surface area contributed by atoms with E-state index in [1.807, 2.05) is 0 Å². The van der Waals surface area contributed by atoms with Crippen LogP contribution in [0.3, 0.4) is 0 Å². The van der Waals surface area contributed by atoms with E-state index in [0.717, 1.165) is 6.54 Å². The van der Waals surface area contributed by atoms with Crippen molar-refractivity contribution in [3.8, 4) is 50.2 Å². The molecule has 0 fully saturated rings. The van der Waals surface area contributed by atoms with Gasteiger partial charge in [0.15, 0.2) is 0 Å². The van der Waals surface area contributed by atoms with Gasteiger partial charge in [0.05, 0.1) is 11.0 Å². The van der Waals surface area contributed by atoms with Crippen LogP contribution in [0.1, 0.15) is 32.4 Å². The first-order valence-electron chi connectivity index (χ1n) is 41.9. The lowest BCUT2D eigenvalue weighted by Crippen LogP contribution is -1.99. The molecule has 120 heavy (non-hydrogen) atoms. The number of nitrogens with zero attached hydrogens (tertiary/aromatic N) is 3. The van der Waals surface area contributed by atoms with Gasteiger partial charge in [0, 0.05) is 94.5 Å². The summed E-state index contributed by atoms with van der Waals surface area (Å²) in [6.45, 7) is 9.87. The van der Waals surface area contributed by atoms with E-state index in [0.29, 0.717) is 6.04 Å². The summed E-state index contributed by atoms with van der Waals surface area (Å²) in [4.78, 5) is 3.38. The number of aromatic nitrogens is 4. The van der Waals surface area contributed by atoms with Crippen LogP contribution < -0.4 is 0 Å². The zero-order valence-electron chi connectivity index (χ0n) is 67.7. The van der Waals surface area contributed by atoms with Crippen LogP contribution in [0.5, 0.6) is 0 Å². The van der Waals surface area contributed by atoms with Gasteiger partial charge in [0.25, 0.3) is 0 Å². The van der Waals surface area contributed by atoms with Crippen LogP contribution in [0, 0.1) is 6.92 Å². The average molecular weight is 1540 g/mol. The van der Waals surface area contributed by atoms with Gasteiger partial charge in [-0.25, -0.2) is 0 Å². The highest BCUT2D eigenvalue weighted by atomic mass is 15.0. The number of hydrogen-bond acceptors (Lipinski definition) is 0. The van der Waals surface area contributed by atoms with E-state index in [2.05, 4.69) is 483 Å². The molecule has 25 rings (SSSR count). The van der Waals surface area contributed by atoms with Crippen LogP contribution in [0.4, 0.5) is 0 Å². The van der Waals surface area contributed by atoms with Gasteiger partial charge in [-0.3, -0.25) is 0 Å². The van der Waals surface area contributed by atoms with Crippen LogP contribution in [0.15, 0.2) is 437 Å². The molecule has 0 bridgehead atoms. The molecule has 0 aliphatic rings. The third-order valence-corrected chi connectivity index (χ3v) is 24.1. The van der Waals surface area contributed by atoms with Gasteiger partial charge in [-0.05, 0) is 209 Å². The molecule has 21 aromatic carbocycles. The molecule has 0 radical (unpaired) electrons.